The monoisotopic (exact) mass is 830 g/mol. The predicted octanol–water partition coefficient (Wildman–Crippen LogP) is 14.5. The van der Waals surface area contributed by atoms with Crippen molar-refractivity contribution in [1.29, 1.82) is 10.5 Å². The number of hydrogen-bond donors (Lipinski definition) is 0. The fourth-order valence-electron chi connectivity index (χ4n) is 8.34. The van der Waals surface area contributed by atoms with Gasteiger partial charge in [-0.15, -0.1) is 0 Å². The fraction of sp³-hybridized carbons (Fsp3) is 0. The number of nitrogens with zero attached hydrogens (tertiary/aromatic N) is 6. The standard InChI is InChI=1S/C59H38N6/c1-2-3-4-8-15-40-22-26-45(27-23-40)50-36-49(59-63-57(47-18-11-6-12-19-47)62-58(64-59)48-20-13-7-14-21-48)37-51(46-30-28-44(29-31-46)43-16-9-5-10-17-43)56(50)65-54-32-24-41(38-60)34-52(54)53-35-42(39-61)25-33-55(53)65/h2-37H,1H2/b4-3-,15-8+. The Kier molecular flexibility index (Phi) is 10.8. The molecule has 65 heavy (non-hydrogen) atoms. The van der Waals surface area contributed by atoms with E-state index in [2.05, 4.69) is 114 Å². The Morgan fingerprint density at radius 2 is 0.846 bits per heavy atom. The van der Waals surface area contributed by atoms with Crippen LogP contribution < -0.4 is 0 Å². The zero-order chi connectivity index (χ0) is 44.1. The van der Waals surface area contributed by atoms with Crippen LogP contribution in [-0.4, -0.2) is 19.5 Å². The van der Waals surface area contributed by atoms with Crippen molar-refractivity contribution >= 4 is 27.9 Å². The minimum absolute atomic E-state index is 0.528. The van der Waals surface area contributed by atoms with Gasteiger partial charge in [0.1, 0.15) is 0 Å². The minimum atomic E-state index is 0.528. The first-order valence-corrected chi connectivity index (χ1v) is 21.2. The minimum Gasteiger partial charge on any atom is -0.308 e. The third kappa shape index (κ3) is 7.92. The molecule has 0 unspecified atom stereocenters. The summed E-state index contributed by atoms with van der Waals surface area (Å²) in [7, 11) is 0. The van der Waals surface area contributed by atoms with Crippen molar-refractivity contribution in [3.05, 3.63) is 236 Å². The Morgan fingerprint density at radius 3 is 1.32 bits per heavy atom. The smallest absolute Gasteiger partial charge is 0.164 e. The van der Waals surface area contributed by atoms with Crippen LogP contribution in [0.2, 0.25) is 0 Å². The third-order valence-electron chi connectivity index (χ3n) is 11.5. The Balaban J connectivity index is 1.31. The molecule has 2 aromatic heterocycles. The molecule has 0 radical (unpaired) electrons. The highest BCUT2D eigenvalue weighted by Crippen LogP contribution is 2.44. The first kappa shape index (κ1) is 39.9. The van der Waals surface area contributed by atoms with E-state index in [1.165, 1.54) is 0 Å². The maximum atomic E-state index is 10.1. The summed E-state index contributed by atoms with van der Waals surface area (Å²) in [5.41, 5.74) is 13.5. The molecule has 8 aromatic carbocycles. The number of nitriles is 2. The average Bonchev–Trinajstić information content (AvgIpc) is 3.70. The second-order valence-corrected chi connectivity index (χ2v) is 15.5. The maximum absolute atomic E-state index is 10.1. The summed E-state index contributed by atoms with van der Waals surface area (Å²) in [5, 5.41) is 21.9. The van der Waals surface area contributed by atoms with Crippen LogP contribution in [0.1, 0.15) is 16.7 Å². The van der Waals surface area contributed by atoms with Gasteiger partial charge in [-0.3, -0.25) is 0 Å². The Hall–Kier alpha value is -9.23. The largest absolute Gasteiger partial charge is 0.308 e. The molecule has 6 heteroatoms. The van der Waals surface area contributed by atoms with E-state index in [4.69, 9.17) is 15.0 Å². The van der Waals surface area contributed by atoms with Gasteiger partial charge in [0.05, 0.1) is 40.0 Å². The molecule has 0 fully saturated rings. The molecule has 10 aromatic rings. The molecule has 0 atom stereocenters. The van der Waals surface area contributed by atoms with Crippen LogP contribution >= 0.6 is 0 Å². The molecule has 0 amide bonds. The van der Waals surface area contributed by atoms with E-state index in [0.717, 1.165) is 83.1 Å². The van der Waals surface area contributed by atoms with E-state index >= 15 is 0 Å². The van der Waals surface area contributed by atoms with Gasteiger partial charge in [0.25, 0.3) is 0 Å². The summed E-state index contributed by atoms with van der Waals surface area (Å²) in [6.45, 7) is 3.79. The van der Waals surface area contributed by atoms with Crippen LogP contribution in [0.3, 0.4) is 0 Å². The van der Waals surface area contributed by atoms with Crippen LogP contribution in [0.15, 0.2) is 219 Å². The quantitative estimate of drug-likeness (QED) is 0.128. The number of benzene rings is 8. The van der Waals surface area contributed by atoms with E-state index in [1.807, 2.05) is 121 Å². The van der Waals surface area contributed by atoms with Gasteiger partial charge in [-0.2, -0.15) is 10.5 Å². The van der Waals surface area contributed by atoms with Crippen LogP contribution in [0, 0.1) is 22.7 Å². The number of allylic oxidation sites excluding steroid dienone is 4. The van der Waals surface area contributed by atoms with Crippen molar-refractivity contribution in [2.45, 2.75) is 0 Å². The molecule has 0 spiro atoms. The Morgan fingerprint density at radius 1 is 0.415 bits per heavy atom. The van der Waals surface area contributed by atoms with E-state index in [9.17, 15) is 10.5 Å². The molecule has 0 aliphatic rings. The summed E-state index contributed by atoms with van der Waals surface area (Å²) < 4.78 is 2.28. The summed E-state index contributed by atoms with van der Waals surface area (Å²) >= 11 is 0. The van der Waals surface area contributed by atoms with Crippen LogP contribution in [0.5, 0.6) is 0 Å². The fourth-order valence-corrected chi connectivity index (χ4v) is 8.34. The molecule has 304 valence electrons. The van der Waals surface area contributed by atoms with Crippen molar-refractivity contribution in [3.63, 3.8) is 0 Å². The number of fused-ring (bicyclic) bond motifs is 3. The van der Waals surface area contributed by atoms with Gasteiger partial charge in [-0.25, -0.2) is 15.0 Å². The molecular formula is C59H38N6. The van der Waals surface area contributed by atoms with E-state index in [0.29, 0.717) is 28.6 Å². The van der Waals surface area contributed by atoms with E-state index < -0.39 is 0 Å². The molecule has 0 saturated heterocycles. The SMILES string of the molecule is C=C/C=C\C=C\c1ccc(-c2cc(-c3nc(-c4ccccc4)nc(-c4ccccc4)n3)cc(-c3ccc(-c4ccccc4)cc3)c2-n2c3ccc(C#N)cc3c3cc(C#N)ccc32)cc1. The van der Waals surface area contributed by atoms with Gasteiger partial charge >= 0.3 is 0 Å². The number of hydrogen-bond acceptors (Lipinski definition) is 5. The lowest BCUT2D eigenvalue weighted by Crippen LogP contribution is -2.04. The van der Waals surface area contributed by atoms with Crippen LogP contribution in [0.4, 0.5) is 0 Å². The van der Waals surface area contributed by atoms with Gasteiger partial charge in [0, 0.05) is 38.6 Å². The van der Waals surface area contributed by atoms with Gasteiger partial charge < -0.3 is 4.57 Å². The van der Waals surface area contributed by atoms with Crippen molar-refractivity contribution in [2.75, 3.05) is 0 Å². The van der Waals surface area contributed by atoms with Crippen molar-refractivity contribution in [1.82, 2.24) is 19.5 Å². The lowest BCUT2D eigenvalue weighted by molar-refractivity contribution is 1.07. The lowest BCUT2D eigenvalue weighted by Gasteiger charge is -2.21. The number of aromatic nitrogens is 4. The summed E-state index contributed by atoms with van der Waals surface area (Å²) in [5.74, 6) is 1.67. The third-order valence-corrected chi connectivity index (χ3v) is 11.5. The van der Waals surface area contributed by atoms with Gasteiger partial charge in [0.15, 0.2) is 17.5 Å². The van der Waals surface area contributed by atoms with Crippen LogP contribution in [-0.2, 0) is 0 Å². The average molecular weight is 831 g/mol. The molecule has 0 aliphatic heterocycles. The summed E-state index contributed by atoms with van der Waals surface area (Å²) in [4.78, 5) is 15.4. The number of rotatable bonds is 10. The topological polar surface area (TPSA) is 91.2 Å². The molecule has 0 aliphatic carbocycles. The molecule has 0 bridgehead atoms. The molecule has 10 rings (SSSR count). The van der Waals surface area contributed by atoms with Crippen molar-refractivity contribution < 1.29 is 0 Å². The second-order valence-electron chi connectivity index (χ2n) is 15.5. The first-order chi connectivity index (χ1) is 32.1. The van der Waals surface area contributed by atoms with Crippen molar-refractivity contribution in [3.8, 4) is 85.4 Å². The van der Waals surface area contributed by atoms with Crippen LogP contribution in [0.25, 0.3) is 101 Å². The highest BCUT2D eigenvalue weighted by atomic mass is 15.0. The lowest BCUT2D eigenvalue weighted by atomic mass is 9.91. The van der Waals surface area contributed by atoms with Gasteiger partial charge in [0.2, 0.25) is 0 Å². The second kappa shape index (κ2) is 17.6. The van der Waals surface area contributed by atoms with E-state index in [-0.39, 0.29) is 0 Å². The van der Waals surface area contributed by atoms with Crippen molar-refractivity contribution in [2.24, 2.45) is 0 Å². The Labute approximate surface area is 377 Å². The zero-order valence-corrected chi connectivity index (χ0v) is 35.2. The predicted molar refractivity (Wildman–Crippen MR) is 265 cm³/mol. The molecule has 6 nitrogen and oxygen atoms in total. The summed E-state index contributed by atoms with van der Waals surface area (Å²) in [6.07, 6.45) is 9.67. The zero-order valence-electron chi connectivity index (χ0n) is 35.2. The summed E-state index contributed by atoms with van der Waals surface area (Å²) in [6, 6.07) is 68.2. The molecule has 0 N–H and O–H groups in total. The van der Waals surface area contributed by atoms with Gasteiger partial charge in [-0.05, 0) is 76.3 Å². The highest BCUT2D eigenvalue weighted by Gasteiger charge is 2.24. The maximum Gasteiger partial charge on any atom is 0.164 e. The van der Waals surface area contributed by atoms with E-state index in [1.54, 1.807) is 6.08 Å². The Bertz CT molecular complexity index is 3410. The molecular weight excluding hydrogens is 793 g/mol. The van der Waals surface area contributed by atoms with Gasteiger partial charge in [-0.1, -0.05) is 176 Å². The molecule has 2 heterocycles. The highest BCUT2D eigenvalue weighted by molar-refractivity contribution is 6.11. The molecule has 0 saturated carbocycles. The normalized spacial score (nSPS) is 11.3. The first-order valence-electron chi connectivity index (χ1n) is 21.2.